The number of aromatic nitrogens is 1. The minimum absolute atomic E-state index is 0.145. The molecule has 1 aromatic heterocycles. The van der Waals surface area contributed by atoms with Gasteiger partial charge in [0.15, 0.2) is 0 Å². The monoisotopic (exact) mass is 483 g/mol. The van der Waals surface area contributed by atoms with Crippen molar-refractivity contribution < 1.29 is 24.2 Å². The van der Waals surface area contributed by atoms with Gasteiger partial charge in [-0.15, -0.1) is 0 Å². The summed E-state index contributed by atoms with van der Waals surface area (Å²) in [5.74, 6) is 0.277. The molecule has 8 nitrogen and oxygen atoms in total. The van der Waals surface area contributed by atoms with Crippen molar-refractivity contribution in [3.63, 3.8) is 0 Å². The van der Waals surface area contributed by atoms with Gasteiger partial charge in [-0.2, -0.15) is 0 Å². The number of piperidine rings is 1. The maximum atomic E-state index is 12.9. The fourth-order valence-electron chi connectivity index (χ4n) is 5.83. The van der Waals surface area contributed by atoms with Gasteiger partial charge >= 0.3 is 5.97 Å². The SMILES string of the molecule is COc1ccc2[nH]cc(CCN(CC(=O)O)C(=O)CCCC(=O)N3CCCC4CCCCC43)c2c1. The molecule has 35 heavy (non-hydrogen) atoms. The number of aliphatic carboxylic acids is 1. The lowest BCUT2D eigenvalue weighted by molar-refractivity contribution is -0.144. The van der Waals surface area contributed by atoms with Gasteiger partial charge in [0.1, 0.15) is 12.3 Å². The predicted molar refractivity (Wildman–Crippen MR) is 133 cm³/mol. The van der Waals surface area contributed by atoms with Crippen molar-refractivity contribution in [1.29, 1.82) is 0 Å². The van der Waals surface area contributed by atoms with E-state index in [2.05, 4.69) is 9.88 Å². The van der Waals surface area contributed by atoms with E-state index < -0.39 is 5.97 Å². The number of carbonyl (C=O) groups excluding carboxylic acids is 2. The molecule has 2 N–H and O–H groups in total. The van der Waals surface area contributed by atoms with Gasteiger partial charge in [-0.3, -0.25) is 14.4 Å². The molecule has 0 radical (unpaired) electrons. The summed E-state index contributed by atoms with van der Waals surface area (Å²) in [5, 5.41) is 10.3. The number of hydrogen-bond acceptors (Lipinski definition) is 4. The normalized spacial score (nSPS) is 19.9. The van der Waals surface area contributed by atoms with Gasteiger partial charge < -0.3 is 24.6 Å². The Bertz CT molecular complexity index is 1050. The van der Waals surface area contributed by atoms with Gasteiger partial charge in [0, 0.05) is 49.1 Å². The first kappa shape index (κ1) is 25.1. The number of rotatable bonds is 10. The van der Waals surface area contributed by atoms with Crippen LogP contribution in [0.15, 0.2) is 24.4 Å². The zero-order valence-electron chi connectivity index (χ0n) is 20.6. The van der Waals surface area contributed by atoms with Gasteiger partial charge in [0.2, 0.25) is 11.8 Å². The Hall–Kier alpha value is -3.03. The summed E-state index contributed by atoms with van der Waals surface area (Å²) < 4.78 is 5.31. The Morgan fingerprint density at radius 2 is 1.94 bits per heavy atom. The van der Waals surface area contributed by atoms with Crippen LogP contribution >= 0.6 is 0 Å². The highest BCUT2D eigenvalue weighted by Gasteiger charge is 2.35. The van der Waals surface area contributed by atoms with Gasteiger partial charge in [-0.05, 0) is 68.2 Å². The minimum Gasteiger partial charge on any atom is -0.497 e. The molecule has 2 aromatic rings. The van der Waals surface area contributed by atoms with Gasteiger partial charge in [0.25, 0.3) is 0 Å². The molecule has 2 aliphatic rings. The second kappa shape index (κ2) is 11.6. The summed E-state index contributed by atoms with van der Waals surface area (Å²) in [6, 6.07) is 6.13. The summed E-state index contributed by atoms with van der Waals surface area (Å²) in [4.78, 5) is 43.9. The van der Waals surface area contributed by atoms with Crippen LogP contribution in [-0.4, -0.2) is 70.5 Å². The number of carboxylic acids is 1. The van der Waals surface area contributed by atoms with E-state index in [1.807, 2.05) is 24.4 Å². The quantitative estimate of drug-likeness (QED) is 0.532. The molecule has 2 amide bonds. The van der Waals surface area contributed by atoms with E-state index in [9.17, 15) is 19.5 Å². The molecular weight excluding hydrogens is 446 g/mol. The molecule has 0 spiro atoms. The van der Waals surface area contributed by atoms with E-state index >= 15 is 0 Å². The Labute approximate surface area is 206 Å². The van der Waals surface area contributed by atoms with Crippen molar-refractivity contribution in [3.05, 3.63) is 30.0 Å². The van der Waals surface area contributed by atoms with Crippen molar-refractivity contribution in [2.75, 3.05) is 26.7 Å². The molecule has 4 rings (SSSR count). The van der Waals surface area contributed by atoms with Crippen LogP contribution in [0.1, 0.15) is 63.4 Å². The smallest absolute Gasteiger partial charge is 0.323 e. The number of nitrogens with one attached hydrogen (secondary N) is 1. The maximum Gasteiger partial charge on any atom is 0.323 e. The van der Waals surface area contributed by atoms with Crippen molar-refractivity contribution in [1.82, 2.24) is 14.8 Å². The number of aromatic amines is 1. The Morgan fingerprint density at radius 3 is 2.74 bits per heavy atom. The molecule has 1 aromatic carbocycles. The topological polar surface area (TPSA) is 103 Å². The number of carbonyl (C=O) groups is 3. The number of nitrogens with zero attached hydrogens (tertiary/aromatic N) is 2. The first-order chi connectivity index (χ1) is 17.0. The predicted octanol–water partition coefficient (Wildman–Crippen LogP) is 3.98. The molecule has 2 unspecified atom stereocenters. The van der Waals surface area contributed by atoms with E-state index in [1.54, 1.807) is 7.11 Å². The lowest BCUT2D eigenvalue weighted by Crippen LogP contribution is -2.49. The van der Waals surface area contributed by atoms with Crippen LogP contribution in [0.25, 0.3) is 10.9 Å². The van der Waals surface area contributed by atoms with E-state index in [0.717, 1.165) is 41.6 Å². The first-order valence-corrected chi connectivity index (χ1v) is 12.9. The average molecular weight is 484 g/mol. The molecule has 2 fully saturated rings. The molecule has 0 bridgehead atoms. The zero-order valence-corrected chi connectivity index (χ0v) is 20.6. The van der Waals surface area contributed by atoms with Crippen molar-refractivity contribution >= 4 is 28.7 Å². The maximum absolute atomic E-state index is 12.9. The summed E-state index contributed by atoms with van der Waals surface area (Å²) in [6.07, 6.45) is 10.5. The van der Waals surface area contributed by atoms with Crippen molar-refractivity contribution in [2.24, 2.45) is 5.92 Å². The van der Waals surface area contributed by atoms with E-state index in [0.29, 0.717) is 37.8 Å². The van der Waals surface area contributed by atoms with Gasteiger partial charge in [0.05, 0.1) is 7.11 Å². The summed E-state index contributed by atoms with van der Waals surface area (Å²) in [5.41, 5.74) is 1.97. The third-order valence-electron chi connectivity index (χ3n) is 7.65. The van der Waals surface area contributed by atoms with E-state index in [4.69, 9.17) is 4.74 Å². The van der Waals surface area contributed by atoms with Gasteiger partial charge in [-0.1, -0.05) is 12.8 Å². The van der Waals surface area contributed by atoms with Crippen LogP contribution in [0.4, 0.5) is 0 Å². The Morgan fingerprint density at radius 1 is 1.14 bits per heavy atom. The van der Waals surface area contributed by atoms with Crippen LogP contribution in [0.5, 0.6) is 5.75 Å². The highest BCUT2D eigenvalue weighted by atomic mass is 16.5. The highest BCUT2D eigenvalue weighted by molar-refractivity contribution is 5.85. The lowest BCUT2D eigenvalue weighted by Gasteiger charge is -2.44. The number of ether oxygens (including phenoxy) is 1. The fraction of sp³-hybridized carbons (Fsp3) is 0.593. The second-order valence-electron chi connectivity index (χ2n) is 9.88. The number of fused-ring (bicyclic) bond motifs is 2. The molecule has 2 atom stereocenters. The third-order valence-corrected chi connectivity index (χ3v) is 7.65. The summed E-state index contributed by atoms with van der Waals surface area (Å²) in [7, 11) is 1.62. The number of likely N-dealkylation sites (tertiary alicyclic amines) is 1. The Balaban J connectivity index is 1.31. The first-order valence-electron chi connectivity index (χ1n) is 12.9. The molecule has 1 saturated heterocycles. The van der Waals surface area contributed by atoms with E-state index in [-0.39, 0.29) is 24.8 Å². The number of benzene rings is 1. The fourth-order valence-corrected chi connectivity index (χ4v) is 5.83. The van der Waals surface area contributed by atoms with Crippen LogP contribution in [-0.2, 0) is 20.8 Å². The van der Waals surface area contributed by atoms with Crippen molar-refractivity contribution in [2.45, 2.75) is 70.3 Å². The number of methoxy groups -OCH3 is 1. The van der Waals surface area contributed by atoms with E-state index in [1.165, 1.54) is 30.6 Å². The summed E-state index contributed by atoms with van der Waals surface area (Å²) >= 11 is 0. The van der Waals surface area contributed by atoms with Crippen LogP contribution < -0.4 is 4.74 Å². The minimum atomic E-state index is -1.04. The molecular formula is C27H37N3O5. The molecule has 1 saturated carbocycles. The third kappa shape index (κ3) is 6.16. The zero-order chi connectivity index (χ0) is 24.8. The highest BCUT2D eigenvalue weighted by Crippen LogP contribution is 2.35. The largest absolute Gasteiger partial charge is 0.497 e. The second-order valence-corrected chi connectivity index (χ2v) is 9.88. The lowest BCUT2D eigenvalue weighted by atomic mass is 9.78. The molecule has 2 heterocycles. The number of carboxylic acid groups (broad SMARTS) is 1. The molecule has 1 aliphatic heterocycles. The summed E-state index contributed by atoms with van der Waals surface area (Å²) in [6.45, 7) is 0.794. The van der Waals surface area contributed by atoms with Crippen molar-refractivity contribution in [3.8, 4) is 5.75 Å². The standard InChI is InChI=1S/C27H37N3O5/c1-35-21-11-12-23-22(16-21)20(17-28-23)13-15-29(18-27(33)34)25(31)9-4-10-26(32)30-14-5-7-19-6-2-3-8-24(19)30/h11-12,16-17,19,24,28H,2-10,13-15,18H2,1H3,(H,33,34). The number of H-pyrrole nitrogens is 1. The van der Waals surface area contributed by atoms with Crippen LogP contribution in [0, 0.1) is 5.92 Å². The van der Waals surface area contributed by atoms with Crippen LogP contribution in [0.3, 0.4) is 0 Å². The van der Waals surface area contributed by atoms with Crippen LogP contribution in [0.2, 0.25) is 0 Å². The molecule has 1 aliphatic carbocycles. The number of hydrogen-bond donors (Lipinski definition) is 2. The Kier molecular flexibility index (Phi) is 8.31. The van der Waals surface area contributed by atoms with Gasteiger partial charge in [-0.25, -0.2) is 0 Å². The molecule has 8 heteroatoms. The number of amides is 2. The average Bonchev–Trinajstić information content (AvgIpc) is 3.27. The molecule has 190 valence electrons.